The minimum Gasteiger partial charge on any atom is -0.495 e. The lowest BCUT2D eigenvalue weighted by molar-refractivity contribution is 0.0558. The number of furan rings is 1. The van der Waals surface area contributed by atoms with Crippen molar-refractivity contribution in [3.63, 3.8) is 0 Å². The summed E-state index contributed by atoms with van der Waals surface area (Å²) in [5.74, 6) is 1.49. The van der Waals surface area contributed by atoms with Gasteiger partial charge < -0.3 is 18.8 Å². The molecule has 6 nitrogen and oxygen atoms in total. The smallest absolute Gasteiger partial charge is 0.373 e. The molecule has 0 spiro atoms. The van der Waals surface area contributed by atoms with Gasteiger partial charge in [0.2, 0.25) is 5.76 Å². The number of carbonyl (C=O) groups excluding carboxylic acids is 1. The van der Waals surface area contributed by atoms with E-state index in [9.17, 15) is 4.79 Å². The van der Waals surface area contributed by atoms with E-state index >= 15 is 0 Å². The van der Waals surface area contributed by atoms with E-state index in [2.05, 4.69) is 22.8 Å². The predicted molar refractivity (Wildman–Crippen MR) is 95.2 cm³/mol. The molecule has 0 aliphatic carbocycles. The molecule has 1 saturated heterocycles. The van der Waals surface area contributed by atoms with Gasteiger partial charge in [-0.1, -0.05) is 12.1 Å². The summed E-state index contributed by atoms with van der Waals surface area (Å²) >= 11 is 0. The van der Waals surface area contributed by atoms with E-state index in [-0.39, 0.29) is 11.8 Å². The second kappa shape index (κ2) is 7.61. The van der Waals surface area contributed by atoms with Crippen molar-refractivity contribution in [1.82, 2.24) is 4.90 Å². The van der Waals surface area contributed by atoms with Gasteiger partial charge >= 0.3 is 5.97 Å². The van der Waals surface area contributed by atoms with Gasteiger partial charge in [0.1, 0.15) is 11.5 Å². The van der Waals surface area contributed by atoms with Crippen molar-refractivity contribution in [3.05, 3.63) is 47.9 Å². The van der Waals surface area contributed by atoms with Crippen LogP contribution in [0.1, 0.15) is 29.3 Å². The number of esters is 1. The van der Waals surface area contributed by atoms with Crippen molar-refractivity contribution in [2.24, 2.45) is 0 Å². The lowest BCUT2D eigenvalue weighted by Gasteiger charge is -2.38. The number of carbonyl (C=O) groups is 1. The molecule has 6 heteroatoms. The zero-order chi connectivity index (χ0) is 17.8. The van der Waals surface area contributed by atoms with Gasteiger partial charge in [-0.2, -0.15) is 0 Å². The number of para-hydroxylation sites is 2. The van der Waals surface area contributed by atoms with Crippen LogP contribution in [0.15, 0.2) is 40.8 Å². The molecular formula is C19H24N2O4. The predicted octanol–water partition coefficient (Wildman–Crippen LogP) is 2.96. The summed E-state index contributed by atoms with van der Waals surface area (Å²) in [4.78, 5) is 16.2. The number of hydrogen-bond acceptors (Lipinski definition) is 6. The molecule has 1 aromatic heterocycles. The highest BCUT2D eigenvalue weighted by Gasteiger charge is 2.26. The Bertz CT molecular complexity index is 720. The quantitative estimate of drug-likeness (QED) is 0.778. The van der Waals surface area contributed by atoms with Crippen LogP contribution in [-0.2, 0) is 4.74 Å². The van der Waals surface area contributed by atoms with E-state index in [4.69, 9.17) is 13.9 Å². The van der Waals surface area contributed by atoms with Crippen molar-refractivity contribution in [1.29, 1.82) is 0 Å². The van der Waals surface area contributed by atoms with Crippen LogP contribution in [0.2, 0.25) is 0 Å². The lowest BCUT2D eigenvalue weighted by Crippen LogP contribution is -2.47. The Labute approximate surface area is 147 Å². The van der Waals surface area contributed by atoms with Crippen LogP contribution in [0, 0.1) is 0 Å². The van der Waals surface area contributed by atoms with Crippen molar-refractivity contribution in [2.45, 2.75) is 13.0 Å². The van der Waals surface area contributed by atoms with Crippen molar-refractivity contribution < 1.29 is 18.7 Å². The molecule has 0 saturated carbocycles. The third kappa shape index (κ3) is 3.64. The molecule has 2 aromatic rings. The Morgan fingerprint density at radius 2 is 1.80 bits per heavy atom. The minimum atomic E-state index is -0.445. The SMILES string of the molecule is COC(=O)c1ccc([C@@H](C)N2CCN(c3ccccc3OC)CC2)o1. The Hall–Kier alpha value is -2.47. The molecule has 0 radical (unpaired) electrons. The van der Waals surface area contributed by atoms with E-state index in [0.29, 0.717) is 0 Å². The second-order valence-electron chi connectivity index (χ2n) is 6.06. The van der Waals surface area contributed by atoms with E-state index in [0.717, 1.165) is 43.4 Å². The lowest BCUT2D eigenvalue weighted by atomic mass is 10.1. The number of benzene rings is 1. The maximum absolute atomic E-state index is 11.5. The molecule has 2 heterocycles. The summed E-state index contributed by atoms with van der Waals surface area (Å²) in [6.45, 7) is 5.74. The monoisotopic (exact) mass is 344 g/mol. The van der Waals surface area contributed by atoms with Gasteiger partial charge in [0.15, 0.2) is 0 Å². The molecule has 3 rings (SSSR count). The first kappa shape index (κ1) is 17.4. The Kier molecular flexibility index (Phi) is 5.28. The summed E-state index contributed by atoms with van der Waals surface area (Å²) in [5, 5.41) is 0. The molecule has 1 fully saturated rings. The van der Waals surface area contributed by atoms with Gasteiger partial charge in [-0.3, -0.25) is 4.90 Å². The summed E-state index contributed by atoms with van der Waals surface area (Å²) in [6.07, 6.45) is 0. The highest BCUT2D eigenvalue weighted by Crippen LogP contribution is 2.30. The summed E-state index contributed by atoms with van der Waals surface area (Å²) in [7, 11) is 3.05. The van der Waals surface area contributed by atoms with Crippen LogP contribution < -0.4 is 9.64 Å². The van der Waals surface area contributed by atoms with Crippen LogP contribution >= 0.6 is 0 Å². The van der Waals surface area contributed by atoms with E-state index in [1.165, 1.54) is 7.11 Å². The summed E-state index contributed by atoms with van der Waals surface area (Å²) < 4.78 is 15.8. The van der Waals surface area contributed by atoms with Crippen molar-refractivity contribution in [3.8, 4) is 5.75 Å². The summed E-state index contributed by atoms with van der Waals surface area (Å²) in [5.41, 5.74) is 1.13. The van der Waals surface area contributed by atoms with Gasteiger partial charge in [0, 0.05) is 26.2 Å². The molecule has 1 aliphatic rings. The maximum atomic E-state index is 11.5. The van der Waals surface area contributed by atoms with Gasteiger partial charge in [0.25, 0.3) is 0 Å². The molecule has 0 bridgehead atoms. The van der Waals surface area contributed by atoms with Crippen LogP contribution in [-0.4, -0.2) is 51.3 Å². The first-order valence-corrected chi connectivity index (χ1v) is 8.44. The number of ether oxygens (including phenoxy) is 2. The molecular weight excluding hydrogens is 320 g/mol. The number of piperazine rings is 1. The fourth-order valence-corrected chi connectivity index (χ4v) is 3.21. The molecule has 0 N–H and O–H groups in total. The number of nitrogens with zero attached hydrogens (tertiary/aromatic N) is 2. The number of anilines is 1. The number of methoxy groups -OCH3 is 2. The third-order valence-electron chi connectivity index (χ3n) is 4.71. The Morgan fingerprint density at radius 1 is 1.08 bits per heavy atom. The maximum Gasteiger partial charge on any atom is 0.373 e. The third-order valence-corrected chi connectivity index (χ3v) is 4.71. The molecule has 0 unspecified atom stereocenters. The minimum absolute atomic E-state index is 0.109. The molecule has 25 heavy (non-hydrogen) atoms. The van der Waals surface area contributed by atoms with E-state index in [1.54, 1.807) is 13.2 Å². The zero-order valence-corrected chi connectivity index (χ0v) is 14.9. The van der Waals surface area contributed by atoms with Gasteiger partial charge in [-0.25, -0.2) is 4.79 Å². The van der Waals surface area contributed by atoms with Crippen LogP contribution in [0.5, 0.6) is 5.75 Å². The standard InChI is InChI=1S/C19H24N2O4/c1-14(16-8-9-18(25-16)19(22)24-3)20-10-12-21(13-11-20)15-6-4-5-7-17(15)23-2/h4-9,14H,10-13H2,1-3H3/t14-/m1/s1. The first-order chi connectivity index (χ1) is 12.1. The van der Waals surface area contributed by atoms with E-state index in [1.807, 2.05) is 24.3 Å². The second-order valence-corrected chi connectivity index (χ2v) is 6.06. The normalized spacial score (nSPS) is 16.5. The summed E-state index contributed by atoms with van der Waals surface area (Å²) in [6, 6.07) is 11.7. The topological polar surface area (TPSA) is 55.2 Å². The van der Waals surface area contributed by atoms with Gasteiger partial charge in [-0.15, -0.1) is 0 Å². The fourth-order valence-electron chi connectivity index (χ4n) is 3.21. The highest BCUT2D eigenvalue weighted by atomic mass is 16.5. The largest absolute Gasteiger partial charge is 0.495 e. The number of hydrogen-bond donors (Lipinski definition) is 0. The van der Waals surface area contributed by atoms with Gasteiger partial charge in [0.05, 0.1) is 25.9 Å². The molecule has 1 aliphatic heterocycles. The first-order valence-electron chi connectivity index (χ1n) is 8.44. The fraction of sp³-hybridized carbons (Fsp3) is 0.421. The van der Waals surface area contributed by atoms with Crippen molar-refractivity contribution >= 4 is 11.7 Å². The highest BCUT2D eigenvalue weighted by molar-refractivity contribution is 5.86. The zero-order valence-electron chi connectivity index (χ0n) is 14.9. The molecule has 1 atom stereocenters. The Morgan fingerprint density at radius 3 is 2.48 bits per heavy atom. The molecule has 0 amide bonds. The van der Waals surface area contributed by atoms with Crippen LogP contribution in [0.3, 0.4) is 0 Å². The van der Waals surface area contributed by atoms with Gasteiger partial charge in [-0.05, 0) is 31.2 Å². The number of rotatable bonds is 5. The van der Waals surface area contributed by atoms with Crippen molar-refractivity contribution in [2.75, 3.05) is 45.3 Å². The average Bonchev–Trinajstić information content (AvgIpc) is 3.17. The van der Waals surface area contributed by atoms with Crippen LogP contribution in [0.25, 0.3) is 0 Å². The molecule has 1 aromatic carbocycles. The molecule has 134 valence electrons. The van der Waals surface area contributed by atoms with Crippen LogP contribution in [0.4, 0.5) is 5.69 Å². The average molecular weight is 344 g/mol. The Balaban J connectivity index is 1.63. The van der Waals surface area contributed by atoms with E-state index < -0.39 is 5.97 Å².